The van der Waals surface area contributed by atoms with Crippen LogP contribution in [0, 0.1) is 0 Å². The van der Waals surface area contributed by atoms with Crippen molar-refractivity contribution < 1.29 is 17.9 Å². The number of fused-ring (bicyclic) bond motifs is 1. The Kier molecular flexibility index (Phi) is 5.38. The molecule has 130 valence electrons. The van der Waals surface area contributed by atoms with Crippen LogP contribution in [-0.4, -0.2) is 34.3 Å². The standard InChI is InChI=1S/C18H23NO4S/c1-2-11-23-17-9-10-18(16-8-4-3-7-15(16)17)24(20,21)19-13-14-6-5-12-22-14/h3-4,7-10,14,19H,2,5-6,11-13H2,1H3. The lowest BCUT2D eigenvalue weighted by atomic mass is 10.1. The van der Waals surface area contributed by atoms with E-state index >= 15 is 0 Å². The molecular formula is C18H23NO4S. The van der Waals surface area contributed by atoms with E-state index in [1.54, 1.807) is 12.1 Å². The van der Waals surface area contributed by atoms with Gasteiger partial charge in [0.2, 0.25) is 10.0 Å². The van der Waals surface area contributed by atoms with E-state index in [1.807, 2.05) is 31.2 Å². The van der Waals surface area contributed by atoms with E-state index < -0.39 is 10.0 Å². The van der Waals surface area contributed by atoms with E-state index in [0.717, 1.165) is 24.6 Å². The van der Waals surface area contributed by atoms with Gasteiger partial charge >= 0.3 is 0 Å². The van der Waals surface area contributed by atoms with Crippen molar-refractivity contribution in [1.82, 2.24) is 4.72 Å². The minimum atomic E-state index is -3.60. The molecule has 0 spiro atoms. The molecule has 5 nitrogen and oxygen atoms in total. The summed E-state index contributed by atoms with van der Waals surface area (Å²) in [5.74, 6) is 0.713. The number of ether oxygens (including phenoxy) is 2. The lowest BCUT2D eigenvalue weighted by Crippen LogP contribution is -2.31. The van der Waals surface area contributed by atoms with Crippen molar-refractivity contribution in [2.24, 2.45) is 0 Å². The van der Waals surface area contributed by atoms with Crippen molar-refractivity contribution in [3.63, 3.8) is 0 Å². The molecule has 1 aliphatic rings. The maximum absolute atomic E-state index is 12.7. The Bertz CT molecular complexity index is 798. The van der Waals surface area contributed by atoms with Gasteiger partial charge in [0.15, 0.2) is 0 Å². The summed E-state index contributed by atoms with van der Waals surface area (Å²) in [5, 5.41) is 1.48. The van der Waals surface area contributed by atoms with Gasteiger partial charge in [0.25, 0.3) is 0 Å². The van der Waals surface area contributed by atoms with Gasteiger partial charge in [0, 0.05) is 23.9 Å². The van der Waals surface area contributed by atoms with Crippen LogP contribution in [0.1, 0.15) is 26.2 Å². The summed E-state index contributed by atoms with van der Waals surface area (Å²) in [6.45, 7) is 3.66. The zero-order chi connectivity index (χ0) is 17.0. The summed E-state index contributed by atoms with van der Waals surface area (Å²) in [6.07, 6.45) is 2.75. The topological polar surface area (TPSA) is 64.6 Å². The van der Waals surface area contributed by atoms with Crippen molar-refractivity contribution in [2.75, 3.05) is 19.8 Å². The van der Waals surface area contributed by atoms with Gasteiger partial charge in [-0.1, -0.05) is 31.2 Å². The van der Waals surface area contributed by atoms with Crippen LogP contribution in [0.15, 0.2) is 41.3 Å². The molecule has 2 aromatic rings. The van der Waals surface area contributed by atoms with Crippen molar-refractivity contribution in [3.8, 4) is 5.75 Å². The molecular weight excluding hydrogens is 326 g/mol. The average molecular weight is 349 g/mol. The monoisotopic (exact) mass is 349 g/mol. The third-order valence-corrected chi connectivity index (χ3v) is 5.60. The molecule has 3 rings (SSSR count). The smallest absolute Gasteiger partial charge is 0.241 e. The van der Waals surface area contributed by atoms with Crippen molar-refractivity contribution in [3.05, 3.63) is 36.4 Å². The first-order chi connectivity index (χ1) is 11.6. The van der Waals surface area contributed by atoms with Gasteiger partial charge in [-0.2, -0.15) is 0 Å². The molecule has 6 heteroatoms. The van der Waals surface area contributed by atoms with Gasteiger partial charge in [0.1, 0.15) is 5.75 Å². The Hall–Kier alpha value is -1.63. The zero-order valence-electron chi connectivity index (χ0n) is 13.8. The number of sulfonamides is 1. The second kappa shape index (κ2) is 7.51. The van der Waals surface area contributed by atoms with E-state index in [9.17, 15) is 8.42 Å². The normalized spacial score (nSPS) is 18.1. The van der Waals surface area contributed by atoms with Crippen LogP contribution in [0.4, 0.5) is 0 Å². The maximum atomic E-state index is 12.7. The fourth-order valence-corrected chi connectivity index (χ4v) is 4.18. The van der Waals surface area contributed by atoms with Gasteiger partial charge in [-0.3, -0.25) is 0 Å². The van der Waals surface area contributed by atoms with E-state index in [2.05, 4.69) is 4.72 Å². The molecule has 1 saturated heterocycles. The highest BCUT2D eigenvalue weighted by atomic mass is 32.2. The lowest BCUT2D eigenvalue weighted by molar-refractivity contribution is 0.114. The Morgan fingerprint density at radius 1 is 1.21 bits per heavy atom. The molecule has 0 radical (unpaired) electrons. The number of hydrogen-bond donors (Lipinski definition) is 1. The van der Waals surface area contributed by atoms with Gasteiger partial charge in [-0.25, -0.2) is 13.1 Å². The first-order valence-corrected chi connectivity index (χ1v) is 9.86. The summed E-state index contributed by atoms with van der Waals surface area (Å²) < 4.78 is 39.4. The highest BCUT2D eigenvalue weighted by Crippen LogP contribution is 2.31. The number of rotatable bonds is 7. The van der Waals surface area contributed by atoms with Crippen molar-refractivity contribution >= 4 is 20.8 Å². The molecule has 1 heterocycles. The Morgan fingerprint density at radius 3 is 2.71 bits per heavy atom. The zero-order valence-corrected chi connectivity index (χ0v) is 14.6. The quantitative estimate of drug-likeness (QED) is 0.834. The van der Waals surface area contributed by atoms with Gasteiger partial charge < -0.3 is 9.47 Å². The molecule has 2 aromatic carbocycles. The van der Waals surface area contributed by atoms with E-state index in [1.165, 1.54) is 0 Å². The molecule has 0 aromatic heterocycles. The third kappa shape index (κ3) is 3.71. The van der Waals surface area contributed by atoms with E-state index in [0.29, 0.717) is 30.9 Å². The minimum absolute atomic E-state index is 0.0294. The molecule has 0 bridgehead atoms. The van der Waals surface area contributed by atoms with Gasteiger partial charge in [-0.15, -0.1) is 0 Å². The fraction of sp³-hybridized carbons (Fsp3) is 0.444. The molecule has 0 aliphatic carbocycles. The molecule has 0 saturated carbocycles. The molecule has 24 heavy (non-hydrogen) atoms. The minimum Gasteiger partial charge on any atom is -0.493 e. The average Bonchev–Trinajstić information content (AvgIpc) is 3.11. The van der Waals surface area contributed by atoms with Crippen LogP contribution in [0.3, 0.4) is 0 Å². The van der Waals surface area contributed by atoms with Gasteiger partial charge in [-0.05, 0) is 31.4 Å². The largest absolute Gasteiger partial charge is 0.493 e. The highest BCUT2D eigenvalue weighted by Gasteiger charge is 2.22. The second-order valence-corrected chi connectivity index (χ2v) is 7.68. The lowest BCUT2D eigenvalue weighted by Gasteiger charge is -2.15. The highest BCUT2D eigenvalue weighted by molar-refractivity contribution is 7.89. The van der Waals surface area contributed by atoms with Crippen LogP contribution in [0.2, 0.25) is 0 Å². The Labute approximate surface area is 143 Å². The molecule has 0 amide bonds. The van der Waals surface area contributed by atoms with Crippen molar-refractivity contribution in [1.29, 1.82) is 0 Å². The predicted octanol–water partition coefficient (Wildman–Crippen LogP) is 3.09. The van der Waals surface area contributed by atoms with Crippen molar-refractivity contribution in [2.45, 2.75) is 37.2 Å². The third-order valence-electron chi connectivity index (χ3n) is 4.12. The first kappa shape index (κ1) is 17.2. The molecule has 1 fully saturated rings. The number of hydrogen-bond acceptors (Lipinski definition) is 4. The summed E-state index contributed by atoms with van der Waals surface area (Å²) >= 11 is 0. The first-order valence-electron chi connectivity index (χ1n) is 8.37. The van der Waals surface area contributed by atoms with Gasteiger partial charge in [0.05, 0.1) is 17.6 Å². The molecule has 1 N–H and O–H groups in total. The second-order valence-electron chi connectivity index (χ2n) is 5.94. The van der Waals surface area contributed by atoms with Crippen LogP contribution in [0.25, 0.3) is 10.8 Å². The summed E-state index contributed by atoms with van der Waals surface area (Å²) in [7, 11) is -3.60. The number of nitrogens with one attached hydrogen (secondary N) is 1. The summed E-state index contributed by atoms with van der Waals surface area (Å²) in [6, 6.07) is 10.8. The van der Waals surface area contributed by atoms with Crippen LogP contribution in [0.5, 0.6) is 5.75 Å². The fourth-order valence-electron chi connectivity index (χ4n) is 2.90. The van der Waals surface area contributed by atoms with E-state index in [-0.39, 0.29) is 11.0 Å². The SMILES string of the molecule is CCCOc1ccc(S(=O)(=O)NCC2CCCO2)c2ccccc12. The van der Waals surface area contributed by atoms with E-state index in [4.69, 9.17) is 9.47 Å². The number of benzene rings is 2. The van der Waals surface area contributed by atoms with Crippen LogP contribution < -0.4 is 9.46 Å². The summed E-state index contributed by atoms with van der Waals surface area (Å²) in [4.78, 5) is 0.278. The molecule has 1 unspecified atom stereocenters. The van der Waals surface area contributed by atoms with Crippen LogP contribution >= 0.6 is 0 Å². The summed E-state index contributed by atoms with van der Waals surface area (Å²) in [5.41, 5.74) is 0. The molecule has 1 atom stereocenters. The maximum Gasteiger partial charge on any atom is 0.241 e. The predicted molar refractivity (Wildman–Crippen MR) is 93.9 cm³/mol. The Morgan fingerprint density at radius 2 is 2.00 bits per heavy atom. The van der Waals surface area contributed by atoms with Crippen LogP contribution in [-0.2, 0) is 14.8 Å². The Balaban J connectivity index is 1.90. The molecule has 1 aliphatic heterocycles.